The Morgan fingerprint density at radius 3 is 2.56 bits per heavy atom. The molecule has 0 aliphatic carbocycles. The standard InChI is InChI=1S/C29H26N2O3/c32-25-13-16-31(17-14-25)19-21-6-4-20(5-7-21)8-9-23-2-1-3-26(29(33)34)28(23)24-11-10-22-12-15-30-27(22)18-24/h1-7,10-12,15,18,25,30,32H,13-14,16-17,19H2,(H,33,34). The Morgan fingerprint density at radius 2 is 1.79 bits per heavy atom. The molecule has 0 unspecified atom stereocenters. The lowest BCUT2D eigenvalue weighted by Gasteiger charge is -2.29. The molecule has 1 aromatic heterocycles. The maximum Gasteiger partial charge on any atom is 0.336 e. The molecule has 5 rings (SSSR count). The molecule has 0 spiro atoms. The molecule has 3 aromatic carbocycles. The fourth-order valence-corrected chi connectivity index (χ4v) is 4.52. The van der Waals surface area contributed by atoms with Gasteiger partial charge in [-0.15, -0.1) is 0 Å². The molecule has 1 aliphatic rings. The molecule has 3 N–H and O–H groups in total. The number of carbonyl (C=O) groups is 1. The smallest absolute Gasteiger partial charge is 0.336 e. The molecule has 5 heteroatoms. The number of aliphatic hydroxyl groups is 1. The first-order valence-electron chi connectivity index (χ1n) is 11.5. The first-order chi connectivity index (χ1) is 16.6. The molecule has 5 nitrogen and oxygen atoms in total. The van der Waals surface area contributed by atoms with Gasteiger partial charge >= 0.3 is 5.97 Å². The largest absolute Gasteiger partial charge is 0.478 e. The van der Waals surface area contributed by atoms with Crippen LogP contribution in [0.2, 0.25) is 0 Å². The van der Waals surface area contributed by atoms with Crippen molar-refractivity contribution in [1.82, 2.24) is 9.88 Å². The van der Waals surface area contributed by atoms with Gasteiger partial charge in [-0.25, -0.2) is 4.79 Å². The van der Waals surface area contributed by atoms with Crippen molar-refractivity contribution < 1.29 is 15.0 Å². The monoisotopic (exact) mass is 450 g/mol. The quantitative estimate of drug-likeness (QED) is 0.387. The van der Waals surface area contributed by atoms with E-state index >= 15 is 0 Å². The molecular weight excluding hydrogens is 424 g/mol. The highest BCUT2D eigenvalue weighted by Gasteiger charge is 2.17. The van der Waals surface area contributed by atoms with E-state index in [0.717, 1.165) is 54.5 Å². The number of benzene rings is 3. The fourth-order valence-electron chi connectivity index (χ4n) is 4.52. The first kappa shape index (κ1) is 22.0. The molecule has 1 saturated heterocycles. The van der Waals surface area contributed by atoms with Crippen LogP contribution in [0.4, 0.5) is 0 Å². The minimum absolute atomic E-state index is 0.164. The van der Waals surface area contributed by atoms with Crippen LogP contribution in [0.5, 0.6) is 0 Å². The van der Waals surface area contributed by atoms with Crippen LogP contribution in [0.1, 0.15) is 39.9 Å². The molecule has 2 heterocycles. The predicted octanol–water partition coefficient (Wildman–Crippen LogP) is 4.89. The summed E-state index contributed by atoms with van der Waals surface area (Å²) in [4.78, 5) is 17.5. The minimum atomic E-state index is -0.972. The van der Waals surface area contributed by atoms with Crippen molar-refractivity contribution in [2.75, 3.05) is 13.1 Å². The van der Waals surface area contributed by atoms with Gasteiger partial charge in [-0.3, -0.25) is 4.90 Å². The van der Waals surface area contributed by atoms with Crippen molar-refractivity contribution in [3.63, 3.8) is 0 Å². The number of piperidine rings is 1. The van der Waals surface area contributed by atoms with Crippen LogP contribution in [0.15, 0.2) is 72.9 Å². The molecule has 0 saturated carbocycles. The third-order valence-electron chi connectivity index (χ3n) is 6.40. The number of hydrogen-bond acceptors (Lipinski definition) is 3. The Bertz CT molecular complexity index is 1380. The summed E-state index contributed by atoms with van der Waals surface area (Å²) < 4.78 is 0. The lowest BCUT2D eigenvalue weighted by molar-refractivity contribution is 0.0697. The molecule has 0 bridgehead atoms. The molecule has 34 heavy (non-hydrogen) atoms. The van der Waals surface area contributed by atoms with Gasteiger partial charge in [-0.2, -0.15) is 0 Å². The fraction of sp³-hybridized carbons (Fsp3) is 0.207. The maximum atomic E-state index is 12.0. The number of aliphatic hydroxyl groups excluding tert-OH is 1. The summed E-state index contributed by atoms with van der Waals surface area (Å²) in [6.45, 7) is 2.70. The lowest BCUT2D eigenvalue weighted by Crippen LogP contribution is -2.35. The number of rotatable bonds is 4. The van der Waals surface area contributed by atoms with Crippen molar-refractivity contribution >= 4 is 16.9 Å². The number of carboxylic acid groups (broad SMARTS) is 1. The summed E-state index contributed by atoms with van der Waals surface area (Å²) in [5, 5.41) is 20.6. The van der Waals surface area contributed by atoms with Gasteiger partial charge < -0.3 is 15.2 Å². The number of fused-ring (bicyclic) bond motifs is 1. The molecule has 0 radical (unpaired) electrons. The van der Waals surface area contributed by atoms with E-state index in [4.69, 9.17) is 0 Å². The highest BCUT2D eigenvalue weighted by molar-refractivity contribution is 5.99. The molecule has 1 fully saturated rings. The van der Waals surface area contributed by atoms with Gasteiger partial charge in [0.2, 0.25) is 0 Å². The molecule has 0 atom stereocenters. The van der Waals surface area contributed by atoms with Gasteiger partial charge in [0.05, 0.1) is 11.7 Å². The van der Waals surface area contributed by atoms with Crippen LogP contribution in [-0.4, -0.2) is 45.3 Å². The molecule has 4 aromatic rings. The van der Waals surface area contributed by atoms with E-state index in [-0.39, 0.29) is 11.7 Å². The molecule has 1 aliphatic heterocycles. The van der Waals surface area contributed by atoms with E-state index in [1.165, 1.54) is 5.56 Å². The lowest BCUT2D eigenvalue weighted by atomic mass is 9.93. The van der Waals surface area contributed by atoms with Crippen LogP contribution in [-0.2, 0) is 6.54 Å². The zero-order chi connectivity index (χ0) is 23.5. The average molecular weight is 451 g/mol. The summed E-state index contributed by atoms with van der Waals surface area (Å²) in [7, 11) is 0. The van der Waals surface area contributed by atoms with Crippen molar-refractivity contribution in [1.29, 1.82) is 0 Å². The Morgan fingerprint density at radius 1 is 1.00 bits per heavy atom. The number of nitrogens with one attached hydrogen (secondary N) is 1. The van der Waals surface area contributed by atoms with E-state index in [0.29, 0.717) is 11.1 Å². The Labute approximate surface area is 198 Å². The topological polar surface area (TPSA) is 76.6 Å². The zero-order valence-corrected chi connectivity index (χ0v) is 18.8. The molecule has 0 amide bonds. The van der Waals surface area contributed by atoms with E-state index in [2.05, 4.69) is 33.9 Å². The number of aromatic carboxylic acids is 1. The van der Waals surface area contributed by atoms with E-state index in [1.807, 2.05) is 48.7 Å². The number of aromatic amines is 1. The number of aromatic nitrogens is 1. The second-order valence-electron chi connectivity index (χ2n) is 8.77. The third kappa shape index (κ3) is 4.74. The number of H-pyrrole nitrogens is 1. The minimum Gasteiger partial charge on any atom is -0.478 e. The van der Waals surface area contributed by atoms with Crippen LogP contribution < -0.4 is 0 Å². The van der Waals surface area contributed by atoms with Crippen molar-refractivity contribution in [3.8, 4) is 23.0 Å². The van der Waals surface area contributed by atoms with Gasteiger partial charge in [0.15, 0.2) is 0 Å². The number of nitrogens with zero attached hydrogens (tertiary/aromatic N) is 1. The number of likely N-dealkylation sites (tertiary alicyclic amines) is 1. The summed E-state index contributed by atoms with van der Waals surface area (Å²) in [6.07, 6.45) is 3.37. The summed E-state index contributed by atoms with van der Waals surface area (Å²) in [5.74, 6) is 5.45. The van der Waals surface area contributed by atoms with Crippen LogP contribution in [0, 0.1) is 11.8 Å². The molecular formula is C29H26N2O3. The zero-order valence-electron chi connectivity index (χ0n) is 18.8. The van der Waals surface area contributed by atoms with Crippen LogP contribution in [0.3, 0.4) is 0 Å². The first-order valence-corrected chi connectivity index (χ1v) is 11.5. The van der Waals surface area contributed by atoms with Crippen molar-refractivity contribution in [2.24, 2.45) is 0 Å². The van der Waals surface area contributed by atoms with Crippen LogP contribution >= 0.6 is 0 Å². The highest BCUT2D eigenvalue weighted by atomic mass is 16.4. The normalized spacial score (nSPS) is 14.6. The van der Waals surface area contributed by atoms with Gasteiger partial charge in [0, 0.05) is 48.0 Å². The number of carboxylic acids is 1. The summed E-state index contributed by atoms with van der Waals surface area (Å²) in [5.41, 5.74) is 5.41. The van der Waals surface area contributed by atoms with Crippen LogP contribution in [0.25, 0.3) is 22.0 Å². The summed E-state index contributed by atoms with van der Waals surface area (Å²) in [6, 6.07) is 21.3. The Balaban J connectivity index is 1.42. The second-order valence-corrected chi connectivity index (χ2v) is 8.77. The third-order valence-corrected chi connectivity index (χ3v) is 6.40. The van der Waals surface area contributed by atoms with E-state index < -0.39 is 5.97 Å². The van der Waals surface area contributed by atoms with Gasteiger partial charge in [0.1, 0.15) is 0 Å². The Hall–Kier alpha value is -3.85. The van der Waals surface area contributed by atoms with Gasteiger partial charge in [-0.05, 0) is 65.8 Å². The molecule has 170 valence electrons. The van der Waals surface area contributed by atoms with Gasteiger partial charge in [-0.1, -0.05) is 42.2 Å². The number of hydrogen-bond donors (Lipinski definition) is 3. The average Bonchev–Trinajstić information content (AvgIpc) is 3.33. The SMILES string of the molecule is O=C(O)c1cccc(C#Cc2ccc(CN3CCC(O)CC3)cc2)c1-c1ccc2cc[nH]c2c1. The summed E-state index contributed by atoms with van der Waals surface area (Å²) >= 11 is 0. The van der Waals surface area contributed by atoms with Gasteiger partial charge in [0.25, 0.3) is 0 Å². The Kier molecular flexibility index (Phi) is 6.18. The van der Waals surface area contributed by atoms with Crippen molar-refractivity contribution in [2.45, 2.75) is 25.5 Å². The van der Waals surface area contributed by atoms with E-state index in [1.54, 1.807) is 12.1 Å². The maximum absolute atomic E-state index is 12.0. The predicted molar refractivity (Wildman–Crippen MR) is 134 cm³/mol. The van der Waals surface area contributed by atoms with Crippen molar-refractivity contribution in [3.05, 3.63) is 95.2 Å². The highest BCUT2D eigenvalue weighted by Crippen LogP contribution is 2.30. The second kappa shape index (κ2) is 9.56. The van der Waals surface area contributed by atoms with E-state index in [9.17, 15) is 15.0 Å².